The second kappa shape index (κ2) is 39.1. The lowest BCUT2D eigenvalue weighted by Gasteiger charge is -2.42. The number of carbonyl (C=O) groups excluding carboxylic acids is 6. The molecule has 1 aromatic rings. The van der Waals surface area contributed by atoms with Gasteiger partial charge in [-0.1, -0.05) is 12.1 Å². The Balaban J connectivity index is 1.72. The number of hydrogen-bond acceptors (Lipinski definition) is 26. The maximum absolute atomic E-state index is 14.3. The van der Waals surface area contributed by atoms with Crippen molar-refractivity contribution in [3.8, 4) is 5.75 Å². The summed E-state index contributed by atoms with van der Waals surface area (Å²) in [6, 6.07) is 3.40. The van der Waals surface area contributed by atoms with Crippen LogP contribution in [0.15, 0.2) is 24.3 Å². The molecule has 6 amide bonds. The van der Waals surface area contributed by atoms with E-state index in [0.717, 1.165) is 0 Å². The molecule has 0 aliphatic carbocycles. The summed E-state index contributed by atoms with van der Waals surface area (Å²) in [4.78, 5) is 78.6. The van der Waals surface area contributed by atoms with Gasteiger partial charge in [-0.3, -0.25) is 33.7 Å². The van der Waals surface area contributed by atoms with Gasteiger partial charge in [0, 0.05) is 47.5 Å². The maximum Gasteiger partial charge on any atom is 0.237 e. The highest BCUT2D eigenvalue weighted by Crippen LogP contribution is 2.24. The topological polar surface area (TPSA) is 452 Å². The number of nitrogens with zero attached hydrogens (tertiary/aromatic N) is 1. The van der Waals surface area contributed by atoms with Crippen LogP contribution in [0.4, 0.5) is 0 Å². The van der Waals surface area contributed by atoms with E-state index >= 15 is 0 Å². The monoisotopic (exact) mass is 1230 g/mol. The minimum absolute atomic E-state index is 0.0186. The van der Waals surface area contributed by atoms with Gasteiger partial charge in [-0.2, -0.15) is 0 Å². The fourth-order valence-electron chi connectivity index (χ4n) is 8.66. The minimum Gasteiger partial charge on any atom is -0.488 e. The van der Waals surface area contributed by atoms with Gasteiger partial charge in [0.1, 0.15) is 78.4 Å². The number of rotatable bonds is 40. The Kier molecular flexibility index (Phi) is 34.2. The highest BCUT2D eigenvalue weighted by atomic mass is 16.7. The molecule has 2 aliphatic rings. The van der Waals surface area contributed by atoms with Crippen LogP contribution < -0.4 is 36.6 Å². The van der Waals surface area contributed by atoms with E-state index < -0.39 is 166 Å². The number of hydrogen-bond donors (Lipinski definition) is 15. The lowest BCUT2D eigenvalue weighted by Crippen LogP contribution is -2.64. The van der Waals surface area contributed by atoms with Gasteiger partial charge >= 0.3 is 0 Å². The zero-order chi connectivity index (χ0) is 63.2. The van der Waals surface area contributed by atoms with Crippen molar-refractivity contribution in [1.29, 1.82) is 0 Å². The van der Waals surface area contributed by atoms with Crippen LogP contribution in [-0.4, -0.2) is 303 Å². The molecule has 0 radical (unpaired) electrons. The molecule has 85 heavy (non-hydrogen) atoms. The summed E-state index contributed by atoms with van der Waals surface area (Å²) in [6.45, 7) is 5.24. The Morgan fingerprint density at radius 2 is 1.07 bits per heavy atom. The first-order valence-electron chi connectivity index (χ1n) is 27.8. The van der Waals surface area contributed by atoms with Gasteiger partial charge in [-0.05, 0) is 44.9 Å². The molecular formula is C53H91N7O25. The Labute approximate surface area is 493 Å². The molecule has 32 heteroatoms. The zero-order valence-corrected chi connectivity index (χ0v) is 49.2. The highest BCUT2D eigenvalue weighted by molar-refractivity contribution is 5.86. The summed E-state index contributed by atoms with van der Waals surface area (Å²) in [5.74, 6) is -2.93. The summed E-state index contributed by atoms with van der Waals surface area (Å²) < 4.78 is 55.9. The number of ether oxygens (including phenoxy) is 10. The average Bonchev–Trinajstić information content (AvgIpc) is 2.83. The van der Waals surface area contributed by atoms with Crippen molar-refractivity contribution < 1.29 is 122 Å². The van der Waals surface area contributed by atoms with Crippen molar-refractivity contribution in [2.24, 2.45) is 0 Å². The molecule has 2 fully saturated rings. The number of amides is 6. The summed E-state index contributed by atoms with van der Waals surface area (Å²) >= 11 is 0. The number of methoxy groups -OCH3 is 1. The predicted molar refractivity (Wildman–Crippen MR) is 293 cm³/mol. The molecule has 2 heterocycles. The van der Waals surface area contributed by atoms with E-state index in [1.54, 1.807) is 24.3 Å². The van der Waals surface area contributed by atoms with Gasteiger partial charge in [0.2, 0.25) is 35.4 Å². The number of carbonyl (C=O) groups is 6. The second-order valence-electron chi connectivity index (χ2n) is 20.8. The van der Waals surface area contributed by atoms with Crippen LogP contribution in [0, 0.1) is 0 Å². The van der Waals surface area contributed by atoms with E-state index in [0.29, 0.717) is 11.3 Å². The SMILES string of the molecule is COC(CO)C(O)C(O)C(NC(C)=O)OCCOCCNC(=O)CN(CC(=O)NCCOCCOC1OC(CO)C(O)C(O)C1NC(C)=O)C(Cc1ccc(OC(C)(C)C)cc1)C(=O)NCCOCCOC1OC(CO)C(O)C(O)C1NC(C)=O. The molecule has 0 bridgehead atoms. The van der Waals surface area contributed by atoms with Gasteiger partial charge in [0.15, 0.2) is 18.8 Å². The highest BCUT2D eigenvalue weighted by Gasteiger charge is 2.47. The number of benzene rings is 1. The molecule has 488 valence electrons. The minimum atomic E-state index is -1.70. The molecule has 0 aromatic heterocycles. The van der Waals surface area contributed by atoms with E-state index in [1.165, 1.54) is 32.8 Å². The van der Waals surface area contributed by atoms with Crippen molar-refractivity contribution >= 4 is 35.4 Å². The Hall–Kier alpha value is -4.92. The molecule has 2 aliphatic heterocycles. The Morgan fingerprint density at radius 1 is 0.612 bits per heavy atom. The van der Waals surface area contributed by atoms with E-state index in [-0.39, 0.29) is 85.5 Å². The van der Waals surface area contributed by atoms with Gasteiger partial charge in [-0.15, -0.1) is 0 Å². The average molecular weight is 1230 g/mol. The first kappa shape index (κ1) is 74.3. The van der Waals surface area contributed by atoms with Gasteiger partial charge in [0.05, 0.1) is 98.4 Å². The third-order valence-corrected chi connectivity index (χ3v) is 12.8. The third-order valence-electron chi connectivity index (χ3n) is 12.8. The van der Waals surface area contributed by atoms with E-state index in [4.69, 9.17) is 47.4 Å². The maximum atomic E-state index is 14.3. The van der Waals surface area contributed by atoms with Crippen LogP contribution in [0.3, 0.4) is 0 Å². The smallest absolute Gasteiger partial charge is 0.237 e. The quantitative estimate of drug-likeness (QED) is 0.0214. The fourth-order valence-corrected chi connectivity index (χ4v) is 8.66. The van der Waals surface area contributed by atoms with Crippen LogP contribution >= 0.6 is 0 Å². The summed E-state index contributed by atoms with van der Waals surface area (Å²) in [6.07, 6.45) is -16.9. The molecule has 0 spiro atoms. The summed E-state index contributed by atoms with van der Waals surface area (Å²) in [7, 11) is 1.22. The number of aliphatic hydroxyl groups excluding tert-OH is 9. The van der Waals surface area contributed by atoms with Gasteiger partial charge < -0.3 is 125 Å². The molecule has 3 rings (SSSR count). The lowest BCUT2D eigenvalue weighted by molar-refractivity contribution is -0.272. The summed E-state index contributed by atoms with van der Waals surface area (Å²) in [5.41, 5.74) is 0.106. The molecule has 2 saturated heterocycles. The van der Waals surface area contributed by atoms with Crippen LogP contribution in [-0.2, 0) is 77.8 Å². The molecule has 32 nitrogen and oxygen atoms in total. The first-order valence-corrected chi connectivity index (χ1v) is 27.8. The summed E-state index contributed by atoms with van der Waals surface area (Å²) in [5, 5.41) is 107. The first-order chi connectivity index (χ1) is 40.3. The van der Waals surface area contributed by atoms with Crippen molar-refractivity contribution in [2.45, 2.75) is 145 Å². The second-order valence-corrected chi connectivity index (χ2v) is 20.8. The van der Waals surface area contributed by atoms with E-state index in [9.17, 15) is 74.7 Å². The van der Waals surface area contributed by atoms with Crippen LogP contribution in [0.25, 0.3) is 0 Å². The van der Waals surface area contributed by atoms with Crippen LogP contribution in [0.1, 0.15) is 47.1 Å². The standard InChI is InChI=1S/C53H91N7O25/c1-30(64)57-41-46(72)44(70)37(28-62)83-51(41)81-22-19-78-16-13-55-40(68)26-60(25-39(67)54-12-15-77-18-21-80-50(59-32(3)66)48(74)43(69)36(27-61)76-7)35(24-33-8-10-34(11-9-33)85-53(4,5)6)49(75)56-14-17-79-20-23-82-52-42(58-31(2)65)47(73)45(71)38(29-63)84-52/h8-11,35-38,41-48,50-52,61-63,69-74H,12-29H2,1-7H3,(H,54,67)(H,55,68)(H,56,75)(H,57,64)(H,58,65)(H,59,66). The van der Waals surface area contributed by atoms with Crippen molar-refractivity contribution in [3.05, 3.63) is 29.8 Å². The largest absolute Gasteiger partial charge is 0.488 e. The van der Waals surface area contributed by atoms with Crippen molar-refractivity contribution in [2.75, 3.05) is 119 Å². The number of aliphatic hydroxyl groups is 9. The normalized spacial score (nSPS) is 24.3. The Morgan fingerprint density at radius 3 is 1.48 bits per heavy atom. The van der Waals surface area contributed by atoms with Crippen LogP contribution in [0.5, 0.6) is 5.75 Å². The predicted octanol–water partition coefficient (Wildman–Crippen LogP) is -7.40. The molecule has 0 saturated carbocycles. The lowest BCUT2D eigenvalue weighted by atomic mass is 9.97. The van der Waals surface area contributed by atoms with E-state index in [2.05, 4.69) is 31.9 Å². The number of nitrogens with one attached hydrogen (secondary N) is 6. The van der Waals surface area contributed by atoms with Crippen molar-refractivity contribution in [3.63, 3.8) is 0 Å². The molecular weight excluding hydrogens is 1130 g/mol. The van der Waals surface area contributed by atoms with Crippen LogP contribution in [0.2, 0.25) is 0 Å². The van der Waals surface area contributed by atoms with Crippen molar-refractivity contribution in [1.82, 2.24) is 36.8 Å². The Bertz CT molecular complexity index is 2130. The fraction of sp³-hybridized carbons (Fsp3) is 0.774. The van der Waals surface area contributed by atoms with Gasteiger partial charge in [-0.25, -0.2) is 0 Å². The molecule has 15 unspecified atom stereocenters. The van der Waals surface area contributed by atoms with Gasteiger partial charge in [0.25, 0.3) is 0 Å². The third kappa shape index (κ3) is 26.9. The molecule has 15 atom stereocenters. The molecule has 1 aromatic carbocycles. The van der Waals surface area contributed by atoms with E-state index in [1.807, 2.05) is 20.8 Å². The zero-order valence-electron chi connectivity index (χ0n) is 49.2. The molecule has 15 N–H and O–H groups in total.